The molecule has 0 saturated carbocycles. The Balaban J connectivity index is 2.66. The van der Waals surface area contributed by atoms with Gasteiger partial charge in [0.25, 0.3) is 5.76 Å². The summed E-state index contributed by atoms with van der Waals surface area (Å²) in [7, 11) is 0. The molecule has 0 N–H and O–H groups in total. The Morgan fingerprint density at radius 1 is 1.25 bits per heavy atom. The average Bonchev–Trinajstić information content (AvgIpc) is 2.05. The third kappa shape index (κ3) is 2.62. The number of hydrogen-bond donors (Lipinski definition) is 0. The standard InChI is InChI=1S/C8H6F2OS/c9-8(10)12-7(11)6-4-2-1-3-5-6/h1-5,8H. The molecule has 12 heavy (non-hydrogen) atoms. The number of carbonyl (C=O) groups is 1. The first-order valence-electron chi connectivity index (χ1n) is 3.24. The van der Waals surface area contributed by atoms with Crippen LogP contribution >= 0.6 is 11.8 Å². The van der Waals surface area contributed by atoms with Crippen molar-refractivity contribution >= 4 is 16.9 Å². The molecular weight excluding hydrogens is 182 g/mol. The molecule has 0 atom stereocenters. The highest BCUT2D eigenvalue weighted by Gasteiger charge is 2.12. The molecule has 4 heteroatoms. The Hall–Kier alpha value is -0.900. The number of carbonyl (C=O) groups excluding carboxylic acids is 1. The first kappa shape index (κ1) is 9.19. The molecule has 0 spiro atoms. The monoisotopic (exact) mass is 188 g/mol. The smallest absolute Gasteiger partial charge is 0.281 e. The van der Waals surface area contributed by atoms with E-state index in [9.17, 15) is 13.6 Å². The van der Waals surface area contributed by atoms with Crippen molar-refractivity contribution in [3.63, 3.8) is 0 Å². The minimum atomic E-state index is -2.64. The molecule has 0 amide bonds. The quantitative estimate of drug-likeness (QED) is 0.709. The summed E-state index contributed by atoms with van der Waals surface area (Å²) in [5.41, 5.74) is 0.308. The maximum atomic E-state index is 11.7. The van der Waals surface area contributed by atoms with Gasteiger partial charge in [0.2, 0.25) is 5.12 Å². The van der Waals surface area contributed by atoms with Crippen LogP contribution in [0.25, 0.3) is 0 Å². The van der Waals surface area contributed by atoms with Crippen molar-refractivity contribution in [2.45, 2.75) is 5.76 Å². The molecular formula is C8H6F2OS. The maximum absolute atomic E-state index is 11.7. The van der Waals surface area contributed by atoms with Crippen molar-refractivity contribution in [1.29, 1.82) is 0 Å². The summed E-state index contributed by atoms with van der Waals surface area (Å²) in [5.74, 6) is -2.64. The lowest BCUT2D eigenvalue weighted by molar-refractivity contribution is 0.108. The van der Waals surface area contributed by atoms with E-state index in [-0.39, 0.29) is 11.8 Å². The van der Waals surface area contributed by atoms with E-state index >= 15 is 0 Å². The molecule has 1 nitrogen and oxygen atoms in total. The number of halogens is 2. The highest BCUT2D eigenvalue weighted by atomic mass is 32.2. The van der Waals surface area contributed by atoms with Crippen molar-refractivity contribution in [3.05, 3.63) is 35.9 Å². The molecule has 0 aliphatic rings. The van der Waals surface area contributed by atoms with Gasteiger partial charge in [-0.15, -0.1) is 0 Å². The van der Waals surface area contributed by atoms with E-state index < -0.39 is 10.9 Å². The molecule has 0 bridgehead atoms. The van der Waals surface area contributed by atoms with Crippen LogP contribution in [0, 0.1) is 0 Å². The van der Waals surface area contributed by atoms with Crippen molar-refractivity contribution in [2.75, 3.05) is 0 Å². The predicted octanol–water partition coefficient (Wildman–Crippen LogP) is 2.78. The molecule has 0 radical (unpaired) electrons. The molecule has 0 saturated heterocycles. The number of rotatable bonds is 2. The maximum Gasteiger partial charge on any atom is 0.291 e. The third-order valence-corrected chi connectivity index (χ3v) is 1.83. The second-order valence-electron chi connectivity index (χ2n) is 2.03. The molecule has 0 unspecified atom stereocenters. The molecule has 0 aromatic heterocycles. The molecule has 0 fully saturated rings. The predicted molar refractivity (Wildman–Crippen MR) is 44.4 cm³/mol. The van der Waals surface area contributed by atoms with Gasteiger partial charge in [0.05, 0.1) is 0 Å². The van der Waals surface area contributed by atoms with Gasteiger partial charge in [0.1, 0.15) is 0 Å². The van der Waals surface area contributed by atoms with Gasteiger partial charge < -0.3 is 0 Å². The number of alkyl halides is 2. The summed E-state index contributed by atoms with van der Waals surface area (Å²) in [6.07, 6.45) is 0. The molecule has 1 rings (SSSR count). The second-order valence-corrected chi connectivity index (χ2v) is 2.99. The Labute approximate surface area is 72.8 Å². The highest BCUT2D eigenvalue weighted by Crippen LogP contribution is 2.19. The van der Waals surface area contributed by atoms with Gasteiger partial charge in [-0.3, -0.25) is 4.79 Å². The molecule has 1 aromatic carbocycles. The van der Waals surface area contributed by atoms with Crippen LogP contribution in [0.4, 0.5) is 8.78 Å². The largest absolute Gasteiger partial charge is 0.291 e. The van der Waals surface area contributed by atoms with E-state index in [1.807, 2.05) is 0 Å². The first-order valence-corrected chi connectivity index (χ1v) is 4.12. The zero-order valence-corrected chi connectivity index (χ0v) is 6.85. The summed E-state index contributed by atoms with van der Waals surface area (Å²) in [6.45, 7) is 0. The average molecular weight is 188 g/mol. The van der Waals surface area contributed by atoms with Crippen LogP contribution in [0.1, 0.15) is 10.4 Å². The van der Waals surface area contributed by atoms with Crippen LogP contribution in [-0.4, -0.2) is 10.9 Å². The van der Waals surface area contributed by atoms with Crippen LogP contribution < -0.4 is 0 Å². The van der Waals surface area contributed by atoms with Gasteiger partial charge in [0.15, 0.2) is 0 Å². The Morgan fingerprint density at radius 2 is 1.83 bits per heavy atom. The van der Waals surface area contributed by atoms with Gasteiger partial charge in [-0.1, -0.05) is 30.3 Å². The van der Waals surface area contributed by atoms with Crippen LogP contribution in [0.3, 0.4) is 0 Å². The van der Waals surface area contributed by atoms with Crippen molar-refractivity contribution in [3.8, 4) is 0 Å². The van der Waals surface area contributed by atoms with Crippen LogP contribution in [0.2, 0.25) is 0 Å². The van der Waals surface area contributed by atoms with E-state index in [1.54, 1.807) is 18.2 Å². The number of benzene rings is 1. The van der Waals surface area contributed by atoms with Gasteiger partial charge in [-0.25, -0.2) is 0 Å². The summed E-state index contributed by atoms with van der Waals surface area (Å²) in [5, 5.41) is -0.592. The molecule has 0 heterocycles. The van der Waals surface area contributed by atoms with E-state index in [2.05, 4.69) is 0 Å². The summed E-state index contributed by atoms with van der Waals surface area (Å²) >= 11 is 0.0353. The minimum absolute atomic E-state index is 0.0353. The lowest BCUT2D eigenvalue weighted by Crippen LogP contribution is -1.96. The number of hydrogen-bond acceptors (Lipinski definition) is 2. The summed E-state index contributed by atoms with van der Waals surface area (Å²) in [4.78, 5) is 10.9. The fourth-order valence-electron chi connectivity index (χ4n) is 0.723. The normalized spacial score (nSPS) is 10.2. The zero-order valence-electron chi connectivity index (χ0n) is 6.04. The van der Waals surface area contributed by atoms with Crippen molar-refractivity contribution in [2.24, 2.45) is 0 Å². The molecule has 64 valence electrons. The van der Waals surface area contributed by atoms with Crippen LogP contribution in [-0.2, 0) is 0 Å². The Bertz CT molecular complexity index is 261. The van der Waals surface area contributed by atoms with Gasteiger partial charge in [0, 0.05) is 5.56 Å². The minimum Gasteiger partial charge on any atom is -0.281 e. The second kappa shape index (κ2) is 4.21. The molecule has 0 aliphatic heterocycles. The van der Waals surface area contributed by atoms with Gasteiger partial charge >= 0.3 is 0 Å². The van der Waals surface area contributed by atoms with E-state index in [0.717, 1.165) is 0 Å². The summed E-state index contributed by atoms with van der Waals surface area (Å²) in [6, 6.07) is 8.03. The lowest BCUT2D eigenvalue weighted by atomic mass is 10.2. The van der Waals surface area contributed by atoms with Gasteiger partial charge in [-0.05, 0) is 11.8 Å². The fourth-order valence-corrected chi connectivity index (χ4v) is 1.16. The first-order chi connectivity index (χ1) is 5.70. The van der Waals surface area contributed by atoms with E-state index in [4.69, 9.17) is 0 Å². The Morgan fingerprint density at radius 3 is 2.33 bits per heavy atom. The SMILES string of the molecule is O=C(SC(F)F)c1ccccc1. The van der Waals surface area contributed by atoms with E-state index in [1.165, 1.54) is 12.1 Å². The van der Waals surface area contributed by atoms with Crippen LogP contribution in [0.15, 0.2) is 30.3 Å². The van der Waals surface area contributed by atoms with Crippen molar-refractivity contribution in [1.82, 2.24) is 0 Å². The Kier molecular flexibility index (Phi) is 3.22. The number of thioether (sulfide) groups is 1. The molecule has 0 aliphatic carbocycles. The van der Waals surface area contributed by atoms with Crippen LogP contribution in [0.5, 0.6) is 0 Å². The zero-order chi connectivity index (χ0) is 8.97. The topological polar surface area (TPSA) is 17.1 Å². The van der Waals surface area contributed by atoms with E-state index in [0.29, 0.717) is 5.56 Å². The van der Waals surface area contributed by atoms with Crippen molar-refractivity contribution < 1.29 is 13.6 Å². The fraction of sp³-hybridized carbons (Fsp3) is 0.125. The highest BCUT2D eigenvalue weighted by molar-refractivity contribution is 8.14. The molecule has 1 aromatic rings. The third-order valence-electron chi connectivity index (χ3n) is 1.21. The summed E-state index contributed by atoms with van der Waals surface area (Å²) < 4.78 is 23.4. The van der Waals surface area contributed by atoms with Gasteiger partial charge in [-0.2, -0.15) is 8.78 Å². The lowest BCUT2D eigenvalue weighted by Gasteiger charge is -1.97.